The fraction of sp³-hybridized carbons (Fsp3) is 0.304. The molecule has 2 heterocycles. The molecule has 1 aliphatic heterocycles. The van der Waals surface area contributed by atoms with E-state index < -0.39 is 26.7 Å². The van der Waals surface area contributed by atoms with E-state index in [4.69, 9.17) is 0 Å². The molecule has 1 saturated heterocycles. The lowest BCUT2D eigenvalue weighted by Gasteiger charge is -2.28. The smallest absolute Gasteiger partial charge is 0.356 e. The molecule has 0 unspecified atom stereocenters. The summed E-state index contributed by atoms with van der Waals surface area (Å²) in [6.07, 6.45) is -1.34. The van der Waals surface area contributed by atoms with Crippen LogP contribution in [-0.2, 0) is 16.2 Å². The molecular weight excluding hydrogens is 467 g/mol. The molecule has 34 heavy (non-hydrogen) atoms. The molecule has 1 aromatic heterocycles. The van der Waals surface area contributed by atoms with Crippen LogP contribution in [0.25, 0.3) is 0 Å². The summed E-state index contributed by atoms with van der Waals surface area (Å²) in [5, 5.41) is 3.10. The Morgan fingerprint density at radius 1 is 0.912 bits per heavy atom. The molecule has 180 valence electrons. The van der Waals surface area contributed by atoms with E-state index in [1.165, 1.54) is 24.6 Å². The second-order valence-electron chi connectivity index (χ2n) is 8.04. The van der Waals surface area contributed by atoms with Gasteiger partial charge in [-0.1, -0.05) is 12.1 Å². The first-order valence-electron chi connectivity index (χ1n) is 10.8. The van der Waals surface area contributed by atoms with Gasteiger partial charge in [-0.25, -0.2) is 13.4 Å². The van der Waals surface area contributed by atoms with Gasteiger partial charge in [0.2, 0.25) is 5.95 Å². The monoisotopic (exact) mass is 491 g/mol. The molecule has 0 atom stereocenters. The summed E-state index contributed by atoms with van der Waals surface area (Å²) in [6.45, 7) is 3.78. The molecule has 0 spiro atoms. The molecule has 0 saturated carbocycles. The zero-order valence-electron chi connectivity index (χ0n) is 18.4. The average Bonchev–Trinajstić information content (AvgIpc) is 2.80. The fourth-order valence-electron chi connectivity index (χ4n) is 3.79. The SMILES string of the molecule is Cc1cc(N2CCCCC2)nc(Nc2ccc(NS(=O)(=O)c3ccccc3C(F)(F)F)cc2)n1. The lowest BCUT2D eigenvalue weighted by atomic mass is 10.1. The molecule has 0 amide bonds. The van der Waals surface area contributed by atoms with Crippen molar-refractivity contribution < 1.29 is 21.6 Å². The Hall–Kier alpha value is -3.34. The van der Waals surface area contributed by atoms with Gasteiger partial charge in [0.25, 0.3) is 10.0 Å². The second-order valence-corrected chi connectivity index (χ2v) is 9.69. The van der Waals surface area contributed by atoms with Crippen molar-refractivity contribution in [3.8, 4) is 0 Å². The Morgan fingerprint density at radius 3 is 2.24 bits per heavy atom. The quantitative estimate of drug-likeness (QED) is 0.484. The number of hydrogen-bond donors (Lipinski definition) is 2. The fourth-order valence-corrected chi connectivity index (χ4v) is 5.08. The highest BCUT2D eigenvalue weighted by Gasteiger charge is 2.36. The van der Waals surface area contributed by atoms with E-state index in [0.29, 0.717) is 11.6 Å². The summed E-state index contributed by atoms with van der Waals surface area (Å²) in [4.78, 5) is 10.4. The van der Waals surface area contributed by atoms with Gasteiger partial charge in [0.1, 0.15) is 5.82 Å². The van der Waals surface area contributed by atoms with Gasteiger partial charge in [-0.2, -0.15) is 18.2 Å². The summed E-state index contributed by atoms with van der Waals surface area (Å²) in [6, 6.07) is 12.1. The number of nitrogens with one attached hydrogen (secondary N) is 2. The van der Waals surface area contributed by atoms with Crippen molar-refractivity contribution in [3.63, 3.8) is 0 Å². The van der Waals surface area contributed by atoms with Crippen molar-refractivity contribution in [2.45, 2.75) is 37.3 Å². The summed E-state index contributed by atoms with van der Waals surface area (Å²) in [5.74, 6) is 1.26. The predicted molar refractivity (Wildman–Crippen MR) is 125 cm³/mol. The molecule has 2 N–H and O–H groups in total. The van der Waals surface area contributed by atoms with Crippen molar-refractivity contribution in [1.82, 2.24) is 9.97 Å². The number of piperidine rings is 1. The Balaban J connectivity index is 1.50. The first-order chi connectivity index (χ1) is 16.1. The van der Waals surface area contributed by atoms with E-state index in [-0.39, 0.29) is 5.69 Å². The molecule has 0 radical (unpaired) electrons. The zero-order valence-corrected chi connectivity index (χ0v) is 19.2. The van der Waals surface area contributed by atoms with Crippen molar-refractivity contribution in [3.05, 3.63) is 65.9 Å². The van der Waals surface area contributed by atoms with Crippen LogP contribution in [0, 0.1) is 6.92 Å². The van der Waals surface area contributed by atoms with E-state index in [9.17, 15) is 21.6 Å². The third kappa shape index (κ3) is 5.58. The molecule has 1 fully saturated rings. The van der Waals surface area contributed by atoms with Gasteiger partial charge in [0, 0.05) is 36.2 Å². The Bertz CT molecular complexity index is 1260. The maximum Gasteiger partial charge on any atom is 0.417 e. The maximum atomic E-state index is 13.2. The maximum absolute atomic E-state index is 13.2. The average molecular weight is 492 g/mol. The van der Waals surface area contributed by atoms with Crippen LogP contribution in [0.15, 0.2) is 59.5 Å². The van der Waals surface area contributed by atoms with Gasteiger partial charge in [0.15, 0.2) is 0 Å². The number of anilines is 4. The van der Waals surface area contributed by atoms with Gasteiger partial charge in [-0.15, -0.1) is 0 Å². The van der Waals surface area contributed by atoms with Crippen LogP contribution in [0.5, 0.6) is 0 Å². The van der Waals surface area contributed by atoms with Crippen LogP contribution in [0.2, 0.25) is 0 Å². The third-order valence-corrected chi connectivity index (χ3v) is 6.84. The molecule has 4 rings (SSSR count). The van der Waals surface area contributed by atoms with E-state index >= 15 is 0 Å². The number of aromatic nitrogens is 2. The lowest BCUT2D eigenvalue weighted by Crippen LogP contribution is -2.30. The van der Waals surface area contributed by atoms with Crippen LogP contribution in [-0.4, -0.2) is 31.5 Å². The first kappa shape index (κ1) is 23.8. The minimum atomic E-state index is -4.79. The van der Waals surface area contributed by atoms with E-state index in [2.05, 4.69) is 24.9 Å². The molecule has 0 aliphatic carbocycles. The van der Waals surface area contributed by atoms with Crippen LogP contribution in [0.1, 0.15) is 30.5 Å². The van der Waals surface area contributed by atoms with Gasteiger partial charge in [-0.3, -0.25) is 4.72 Å². The van der Waals surface area contributed by atoms with Crippen LogP contribution >= 0.6 is 0 Å². The van der Waals surface area contributed by atoms with E-state index in [1.807, 2.05) is 13.0 Å². The number of halogens is 3. The summed E-state index contributed by atoms with van der Waals surface area (Å²) in [7, 11) is -4.44. The van der Waals surface area contributed by atoms with Crippen LogP contribution in [0.4, 0.5) is 36.3 Å². The topological polar surface area (TPSA) is 87.2 Å². The highest BCUT2D eigenvalue weighted by Crippen LogP contribution is 2.34. The number of alkyl halides is 3. The normalized spacial score (nSPS) is 14.6. The van der Waals surface area contributed by atoms with Gasteiger partial charge in [0.05, 0.1) is 10.5 Å². The predicted octanol–water partition coefficient (Wildman–Crippen LogP) is 5.34. The molecule has 2 aromatic carbocycles. The number of rotatable bonds is 6. The minimum absolute atomic E-state index is 0.127. The number of sulfonamides is 1. The van der Waals surface area contributed by atoms with Crippen LogP contribution < -0.4 is 14.9 Å². The summed E-state index contributed by atoms with van der Waals surface area (Å²) >= 11 is 0. The molecular formula is C23H24F3N5O2S. The molecule has 0 bridgehead atoms. The highest BCUT2D eigenvalue weighted by molar-refractivity contribution is 7.92. The lowest BCUT2D eigenvalue weighted by molar-refractivity contribution is -0.139. The largest absolute Gasteiger partial charge is 0.417 e. The summed E-state index contributed by atoms with van der Waals surface area (Å²) in [5.41, 5.74) is 0.322. The minimum Gasteiger partial charge on any atom is -0.356 e. The van der Waals surface area contributed by atoms with Crippen molar-refractivity contribution in [1.29, 1.82) is 0 Å². The second kappa shape index (κ2) is 9.49. The Labute approximate surface area is 196 Å². The molecule has 7 nitrogen and oxygen atoms in total. The van der Waals surface area contributed by atoms with E-state index in [1.54, 1.807) is 12.1 Å². The number of hydrogen-bond acceptors (Lipinski definition) is 6. The standard InChI is InChI=1S/C23H24F3N5O2S/c1-16-15-21(31-13-5-2-6-14-31)29-22(27-16)28-17-9-11-18(12-10-17)30-34(32,33)20-8-4-3-7-19(20)23(24,25)26/h3-4,7-12,15,30H,2,5-6,13-14H2,1H3,(H,27,28,29). The number of benzene rings is 2. The highest BCUT2D eigenvalue weighted by atomic mass is 32.2. The molecule has 11 heteroatoms. The number of nitrogens with zero attached hydrogens (tertiary/aromatic N) is 3. The first-order valence-corrected chi connectivity index (χ1v) is 12.3. The Kier molecular flexibility index (Phi) is 6.65. The summed E-state index contributed by atoms with van der Waals surface area (Å²) < 4.78 is 67.2. The van der Waals surface area contributed by atoms with Gasteiger partial charge in [-0.05, 0) is 62.6 Å². The molecule has 3 aromatic rings. The van der Waals surface area contributed by atoms with Gasteiger partial charge < -0.3 is 10.2 Å². The Morgan fingerprint density at radius 2 is 1.56 bits per heavy atom. The molecule has 1 aliphatic rings. The number of aryl methyl sites for hydroxylation is 1. The van der Waals surface area contributed by atoms with Gasteiger partial charge >= 0.3 is 6.18 Å². The third-order valence-electron chi connectivity index (χ3n) is 5.40. The zero-order chi connectivity index (χ0) is 24.3. The van der Waals surface area contributed by atoms with Crippen molar-refractivity contribution >= 4 is 33.2 Å². The van der Waals surface area contributed by atoms with Crippen molar-refractivity contribution in [2.24, 2.45) is 0 Å². The van der Waals surface area contributed by atoms with Crippen LogP contribution in [0.3, 0.4) is 0 Å². The van der Waals surface area contributed by atoms with E-state index in [0.717, 1.165) is 55.6 Å². The van der Waals surface area contributed by atoms with Crippen molar-refractivity contribution in [2.75, 3.05) is 28.0 Å².